The third kappa shape index (κ3) is 3.43. The van der Waals surface area contributed by atoms with E-state index in [1.165, 1.54) is 0 Å². The molecule has 1 aliphatic heterocycles. The summed E-state index contributed by atoms with van der Waals surface area (Å²) in [5.41, 5.74) is 2.18. The lowest BCUT2D eigenvalue weighted by molar-refractivity contribution is 0.0430. The van der Waals surface area contributed by atoms with Gasteiger partial charge in [0.1, 0.15) is 5.60 Å². The fourth-order valence-corrected chi connectivity index (χ4v) is 3.25. The number of hydrogen-bond donors (Lipinski definition) is 2. The van der Waals surface area contributed by atoms with E-state index in [2.05, 4.69) is 15.7 Å². The zero-order valence-corrected chi connectivity index (χ0v) is 14.5. The highest BCUT2D eigenvalue weighted by Gasteiger charge is 2.40. The van der Waals surface area contributed by atoms with E-state index in [1.54, 1.807) is 0 Å². The number of aromatic nitrogens is 2. The Morgan fingerprint density at radius 2 is 2.09 bits per heavy atom. The molecule has 0 aromatic carbocycles. The van der Waals surface area contributed by atoms with Gasteiger partial charge in [-0.05, 0) is 54.0 Å². The first-order chi connectivity index (χ1) is 10.1. The van der Waals surface area contributed by atoms with E-state index < -0.39 is 11.1 Å². The lowest BCUT2D eigenvalue weighted by Crippen LogP contribution is -2.56. The van der Waals surface area contributed by atoms with E-state index in [0.717, 1.165) is 36.3 Å². The molecule has 124 valence electrons. The number of hydrogen-bond acceptors (Lipinski definition) is 4. The number of aryl methyl sites for hydroxylation is 2. The van der Waals surface area contributed by atoms with E-state index >= 15 is 0 Å². The highest BCUT2D eigenvalue weighted by molar-refractivity contribution is 5.69. The molecule has 1 aliphatic rings. The van der Waals surface area contributed by atoms with Gasteiger partial charge in [0.15, 0.2) is 0 Å². The van der Waals surface area contributed by atoms with Gasteiger partial charge in [0.05, 0.1) is 11.2 Å². The number of nitrogens with one attached hydrogen (secondary N) is 2. The molecule has 0 radical (unpaired) electrons. The summed E-state index contributed by atoms with van der Waals surface area (Å²) in [6, 6.07) is 0. The van der Waals surface area contributed by atoms with Crippen LogP contribution in [-0.4, -0.2) is 34.6 Å². The number of amides is 1. The summed E-state index contributed by atoms with van der Waals surface area (Å²) in [6.07, 6.45) is 1.51. The number of ether oxygens (including phenoxy) is 1. The molecule has 0 spiro atoms. The molecule has 0 bridgehead atoms. The predicted molar refractivity (Wildman–Crippen MR) is 85.8 cm³/mol. The van der Waals surface area contributed by atoms with Gasteiger partial charge in [-0.25, -0.2) is 4.79 Å². The van der Waals surface area contributed by atoms with Gasteiger partial charge < -0.3 is 15.4 Å². The normalized spacial score (nSPS) is 22.5. The molecule has 1 saturated heterocycles. The van der Waals surface area contributed by atoms with Crippen LogP contribution in [0.3, 0.4) is 0 Å². The lowest BCUT2D eigenvalue weighted by Gasteiger charge is -2.39. The van der Waals surface area contributed by atoms with Crippen LogP contribution >= 0.6 is 0 Å². The van der Waals surface area contributed by atoms with Gasteiger partial charge in [-0.1, -0.05) is 0 Å². The smallest absolute Gasteiger partial charge is 0.408 e. The molecule has 1 aromatic heterocycles. The molecular formula is C16H28N4O2. The summed E-state index contributed by atoms with van der Waals surface area (Å²) in [5.74, 6) is 0. The zero-order valence-electron chi connectivity index (χ0n) is 14.5. The van der Waals surface area contributed by atoms with Crippen molar-refractivity contribution in [3.8, 4) is 0 Å². The second-order valence-electron chi connectivity index (χ2n) is 7.16. The monoisotopic (exact) mass is 308 g/mol. The van der Waals surface area contributed by atoms with Crippen molar-refractivity contribution >= 4 is 6.09 Å². The molecular weight excluding hydrogens is 280 g/mol. The first-order valence-electron chi connectivity index (χ1n) is 7.87. The summed E-state index contributed by atoms with van der Waals surface area (Å²) in [7, 11) is 1.93. The molecule has 22 heavy (non-hydrogen) atoms. The molecule has 6 heteroatoms. The van der Waals surface area contributed by atoms with Crippen LogP contribution in [0.2, 0.25) is 0 Å². The topological polar surface area (TPSA) is 68.2 Å². The maximum atomic E-state index is 12.3. The van der Waals surface area contributed by atoms with E-state index in [0.29, 0.717) is 6.54 Å². The fourth-order valence-electron chi connectivity index (χ4n) is 3.25. The van der Waals surface area contributed by atoms with Crippen LogP contribution in [0, 0.1) is 13.8 Å². The maximum Gasteiger partial charge on any atom is 0.408 e. The first-order valence-corrected chi connectivity index (χ1v) is 7.87. The summed E-state index contributed by atoms with van der Waals surface area (Å²) >= 11 is 0. The van der Waals surface area contributed by atoms with Crippen LogP contribution in [0.5, 0.6) is 0 Å². The van der Waals surface area contributed by atoms with E-state index in [1.807, 2.05) is 46.3 Å². The Balaban J connectivity index is 2.34. The van der Waals surface area contributed by atoms with Crippen molar-refractivity contribution in [1.29, 1.82) is 0 Å². The lowest BCUT2D eigenvalue weighted by atomic mass is 9.82. The Morgan fingerprint density at radius 3 is 2.55 bits per heavy atom. The summed E-state index contributed by atoms with van der Waals surface area (Å²) < 4.78 is 7.34. The Kier molecular flexibility index (Phi) is 4.52. The highest BCUT2D eigenvalue weighted by atomic mass is 16.6. The Hall–Kier alpha value is -1.56. The molecule has 1 fully saturated rings. The van der Waals surface area contributed by atoms with Gasteiger partial charge in [-0.2, -0.15) is 5.10 Å². The predicted octanol–water partition coefficient (Wildman–Crippen LogP) is 2.14. The van der Waals surface area contributed by atoms with Crippen molar-refractivity contribution in [2.24, 2.45) is 7.05 Å². The van der Waals surface area contributed by atoms with Gasteiger partial charge in [0.2, 0.25) is 0 Å². The summed E-state index contributed by atoms with van der Waals surface area (Å²) in [5, 5.41) is 11.0. The van der Waals surface area contributed by atoms with Gasteiger partial charge in [0.25, 0.3) is 0 Å². The van der Waals surface area contributed by atoms with Crippen molar-refractivity contribution in [3.05, 3.63) is 17.0 Å². The average Bonchev–Trinajstić information content (AvgIpc) is 2.62. The third-order valence-electron chi connectivity index (χ3n) is 4.11. The van der Waals surface area contributed by atoms with Crippen LogP contribution in [-0.2, 0) is 17.3 Å². The van der Waals surface area contributed by atoms with Gasteiger partial charge in [-0.15, -0.1) is 0 Å². The minimum Gasteiger partial charge on any atom is -0.444 e. The van der Waals surface area contributed by atoms with E-state index in [-0.39, 0.29) is 6.09 Å². The van der Waals surface area contributed by atoms with Crippen LogP contribution in [0.1, 0.15) is 50.6 Å². The number of piperidine rings is 1. The largest absolute Gasteiger partial charge is 0.444 e. The number of rotatable bonds is 2. The minimum absolute atomic E-state index is 0.376. The maximum absolute atomic E-state index is 12.3. The molecule has 2 heterocycles. The molecule has 1 unspecified atom stereocenters. The molecule has 1 aromatic rings. The standard InChI is InChI=1S/C16H28N4O2/c1-11-13(12(2)20(6)19-11)16(8-7-9-17-10-16)18-14(21)22-15(3,4)5/h17H,7-10H2,1-6H3,(H,18,21). The molecule has 2 N–H and O–H groups in total. The summed E-state index contributed by atoms with van der Waals surface area (Å²) in [4.78, 5) is 12.3. The van der Waals surface area contributed by atoms with Crippen LogP contribution < -0.4 is 10.6 Å². The van der Waals surface area contributed by atoms with Gasteiger partial charge >= 0.3 is 6.09 Å². The van der Waals surface area contributed by atoms with Crippen LogP contribution in [0.25, 0.3) is 0 Å². The minimum atomic E-state index is -0.508. The van der Waals surface area contributed by atoms with E-state index in [9.17, 15) is 4.79 Å². The third-order valence-corrected chi connectivity index (χ3v) is 4.11. The van der Waals surface area contributed by atoms with Crippen molar-refractivity contribution in [3.63, 3.8) is 0 Å². The highest BCUT2D eigenvalue weighted by Crippen LogP contribution is 2.33. The van der Waals surface area contributed by atoms with Gasteiger partial charge in [0, 0.05) is 24.8 Å². The van der Waals surface area contributed by atoms with Crippen molar-refractivity contribution in [1.82, 2.24) is 20.4 Å². The van der Waals surface area contributed by atoms with Crippen molar-refractivity contribution in [2.75, 3.05) is 13.1 Å². The molecule has 6 nitrogen and oxygen atoms in total. The molecule has 0 saturated carbocycles. The van der Waals surface area contributed by atoms with E-state index in [4.69, 9.17) is 4.74 Å². The number of carbonyl (C=O) groups excluding carboxylic acids is 1. The Morgan fingerprint density at radius 1 is 1.41 bits per heavy atom. The fraction of sp³-hybridized carbons (Fsp3) is 0.750. The number of carbonyl (C=O) groups is 1. The average molecular weight is 308 g/mol. The molecule has 1 amide bonds. The van der Waals surface area contributed by atoms with Crippen LogP contribution in [0.4, 0.5) is 4.79 Å². The van der Waals surface area contributed by atoms with Crippen molar-refractivity contribution in [2.45, 2.75) is 58.6 Å². The molecule has 0 aliphatic carbocycles. The van der Waals surface area contributed by atoms with Crippen molar-refractivity contribution < 1.29 is 9.53 Å². The Labute approximate surface area is 132 Å². The SMILES string of the molecule is Cc1nn(C)c(C)c1C1(NC(=O)OC(C)(C)C)CCCNC1. The quantitative estimate of drug-likeness (QED) is 0.878. The molecule has 2 rings (SSSR count). The summed E-state index contributed by atoms with van der Waals surface area (Å²) in [6.45, 7) is 11.3. The number of nitrogens with zero attached hydrogens (tertiary/aromatic N) is 2. The second-order valence-corrected chi connectivity index (χ2v) is 7.16. The number of alkyl carbamates (subject to hydrolysis) is 1. The molecule has 1 atom stereocenters. The Bertz CT molecular complexity index is 551. The van der Waals surface area contributed by atoms with Crippen LogP contribution in [0.15, 0.2) is 0 Å². The first kappa shape index (κ1) is 16.8. The van der Waals surface area contributed by atoms with Gasteiger partial charge in [-0.3, -0.25) is 4.68 Å². The second kappa shape index (κ2) is 5.91. The zero-order chi connectivity index (χ0) is 16.5.